The van der Waals surface area contributed by atoms with Crippen LogP contribution in [0.4, 0.5) is 4.79 Å². The summed E-state index contributed by atoms with van der Waals surface area (Å²) in [6.07, 6.45) is 0.185. The molecule has 1 amide bonds. The van der Waals surface area contributed by atoms with Gasteiger partial charge in [0.2, 0.25) is 0 Å². The molecule has 1 aromatic carbocycles. The van der Waals surface area contributed by atoms with E-state index >= 15 is 0 Å². The number of alkyl carbamates (subject to hydrolysis) is 1. The predicted octanol–water partition coefficient (Wildman–Crippen LogP) is 1.92. The molecule has 1 rings (SSSR count). The van der Waals surface area contributed by atoms with Crippen LogP contribution >= 0.6 is 0 Å². The molecule has 0 fully saturated rings. The second kappa shape index (κ2) is 8.48. The Morgan fingerprint density at radius 1 is 1.25 bits per heavy atom. The molecule has 2 atom stereocenters. The topological polar surface area (TPSA) is 92.7 Å². The maximum Gasteiger partial charge on any atom is 0.407 e. The minimum absolute atomic E-state index is 0.403. The second-order valence-electron chi connectivity index (χ2n) is 6.94. The molecular weight excluding hydrogens is 330 g/mol. The van der Waals surface area contributed by atoms with E-state index in [1.165, 1.54) is 0 Å². The third-order valence-corrected chi connectivity index (χ3v) is 4.17. The number of carbonyl (C=O) groups excluding carboxylic acids is 1. The van der Waals surface area contributed by atoms with Crippen LogP contribution < -0.4 is 5.32 Å². The second-order valence-corrected chi connectivity index (χ2v) is 9.12. The number of hydrogen-bond acceptors (Lipinski definition) is 5. The van der Waals surface area contributed by atoms with Gasteiger partial charge in [-0.2, -0.15) is 0 Å². The van der Waals surface area contributed by atoms with Crippen LogP contribution in [0, 0.1) is 0 Å². The molecule has 7 heteroatoms. The summed E-state index contributed by atoms with van der Waals surface area (Å²) in [5.74, 6) is -0.414. The highest BCUT2D eigenvalue weighted by molar-refractivity contribution is 7.90. The van der Waals surface area contributed by atoms with Crippen LogP contribution in [0.1, 0.15) is 32.8 Å². The molecule has 0 aliphatic carbocycles. The van der Waals surface area contributed by atoms with Crippen LogP contribution in [-0.2, 0) is 21.0 Å². The number of amides is 1. The Hall–Kier alpha value is -1.60. The molecule has 6 nitrogen and oxygen atoms in total. The Labute approximate surface area is 144 Å². The van der Waals surface area contributed by atoms with Crippen molar-refractivity contribution < 1.29 is 23.1 Å². The molecule has 0 aromatic heterocycles. The number of aliphatic hydroxyl groups is 1. The summed E-state index contributed by atoms with van der Waals surface area (Å²) in [5, 5.41) is 12.8. The van der Waals surface area contributed by atoms with Gasteiger partial charge in [0.05, 0.1) is 17.9 Å². The number of hydrogen-bond donors (Lipinski definition) is 2. The molecular formula is C17H27NO5S. The average Bonchev–Trinajstić information content (AvgIpc) is 2.40. The van der Waals surface area contributed by atoms with E-state index in [1.54, 1.807) is 20.8 Å². The van der Waals surface area contributed by atoms with Crippen LogP contribution in [0.3, 0.4) is 0 Å². The number of benzene rings is 1. The average molecular weight is 357 g/mol. The highest BCUT2D eigenvalue weighted by Gasteiger charge is 2.26. The Balaban J connectivity index is 2.76. The lowest BCUT2D eigenvalue weighted by Gasteiger charge is -2.26. The maximum atomic E-state index is 12.0. The fraction of sp³-hybridized carbons (Fsp3) is 0.588. The number of aliphatic hydroxyl groups excluding tert-OH is 1. The van der Waals surface area contributed by atoms with Crippen molar-refractivity contribution >= 4 is 15.9 Å². The monoisotopic (exact) mass is 357 g/mol. The summed E-state index contributed by atoms with van der Waals surface area (Å²) >= 11 is 0. The van der Waals surface area contributed by atoms with E-state index in [2.05, 4.69) is 5.32 Å². The van der Waals surface area contributed by atoms with Crippen LogP contribution in [0.25, 0.3) is 0 Å². The number of carbonyl (C=O) groups is 1. The van der Waals surface area contributed by atoms with Crippen molar-refractivity contribution in [3.05, 3.63) is 35.9 Å². The number of rotatable bonds is 7. The first-order valence-corrected chi connectivity index (χ1v) is 9.91. The molecule has 136 valence electrons. The molecule has 0 saturated carbocycles. The first kappa shape index (κ1) is 20.4. The highest BCUT2D eigenvalue weighted by atomic mass is 32.2. The maximum absolute atomic E-state index is 12.0. The zero-order valence-electron chi connectivity index (χ0n) is 14.7. The van der Waals surface area contributed by atoms with Crippen LogP contribution in [-0.4, -0.2) is 49.4 Å². The molecule has 0 aliphatic heterocycles. The predicted molar refractivity (Wildman–Crippen MR) is 93.6 cm³/mol. The van der Waals surface area contributed by atoms with E-state index in [-0.39, 0.29) is 0 Å². The van der Waals surface area contributed by atoms with Gasteiger partial charge in [-0.15, -0.1) is 0 Å². The van der Waals surface area contributed by atoms with Gasteiger partial charge in [-0.05, 0) is 39.2 Å². The molecule has 0 unspecified atom stereocenters. The Kier molecular flexibility index (Phi) is 7.23. The normalized spacial score (nSPS) is 14.7. The minimum Gasteiger partial charge on any atom is -0.444 e. The van der Waals surface area contributed by atoms with Crippen molar-refractivity contribution in [2.45, 2.75) is 51.4 Å². The van der Waals surface area contributed by atoms with Crippen molar-refractivity contribution in [1.82, 2.24) is 5.32 Å². The van der Waals surface area contributed by atoms with Gasteiger partial charge in [-0.25, -0.2) is 13.2 Å². The minimum atomic E-state index is -3.36. The lowest BCUT2D eigenvalue weighted by molar-refractivity contribution is 0.0433. The van der Waals surface area contributed by atoms with Gasteiger partial charge in [-0.3, -0.25) is 0 Å². The van der Waals surface area contributed by atoms with Gasteiger partial charge in [0.15, 0.2) is 0 Å². The van der Waals surface area contributed by atoms with E-state index in [1.807, 2.05) is 30.3 Å². The van der Waals surface area contributed by atoms with Crippen LogP contribution in [0.2, 0.25) is 0 Å². The lowest BCUT2D eigenvalue weighted by Crippen LogP contribution is -2.48. The summed E-state index contributed by atoms with van der Waals surface area (Å²) in [4.78, 5) is 12.0. The third-order valence-electron chi connectivity index (χ3n) is 3.23. The van der Waals surface area contributed by atoms with Crippen molar-refractivity contribution in [1.29, 1.82) is 0 Å². The van der Waals surface area contributed by atoms with Gasteiger partial charge in [0, 0.05) is 6.26 Å². The zero-order chi connectivity index (χ0) is 18.4. The van der Waals surface area contributed by atoms with Gasteiger partial charge >= 0.3 is 6.09 Å². The highest BCUT2D eigenvalue weighted by Crippen LogP contribution is 2.12. The number of ether oxygens (including phenoxy) is 1. The molecule has 0 bridgehead atoms. The van der Waals surface area contributed by atoms with Crippen molar-refractivity contribution in [3.8, 4) is 0 Å². The largest absolute Gasteiger partial charge is 0.444 e. The number of aryl methyl sites for hydroxylation is 1. The smallest absolute Gasteiger partial charge is 0.407 e. The Bertz CT molecular complexity index is 622. The molecule has 0 heterocycles. The lowest BCUT2D eigenvalue weighted by atomic mass is 10.0. The summed E-state index contributed by atoms with van der Waals surface area (Å²) in [6, 6.07) is 8.87. The summed E-state index contributed by atoms with van der Waals surface area (Å²) in [7, 11) is -3.36. The van der Waals surface area contributed by atoms with Gasteiger partial charge in [0.25, 0.3) is 0 Å². The van der Waals surface area contributed by atoms with Crippen molar-refractivity contribution in [2.24, 2.45) is 0 Å². The standard InChI is InChI=1S/C17H27NO5S/c1-17(2,3)23-16(20)18-14(15(19)12-24(4,21)22)11-10-13-8-6-5-7-9-13/h5-9,14-15,19H,10-12H2,1-4H3,(H,18,20)/t14-,15+/m0/s1. The fourth-order valence-corrected chi connectivity index (χ4v) is 3.07. The first-order chi connectivity index (χ1) is 11.0. The molecule has 2 N–H and O–H groups in total. The van der Waals surface area contributed by atoms with E-state index in [4.69, 9.17) is 4.74 Å². The Morgan fingerprint density at radius 3 is 2.33 bits per heavy atom. The summed E-state index contributed by atoms with van der Waals surface area (Å²) < 4.78 is 28.1. The molecule has 0 saturated heterocycles. The van der Waals surface area contributed by atoms with Crippen LogP contribution in [0.5, 0.6) is 0 Å². The zero-order valence-corrected chi connectivity index (χ0v) is 15.5. The van der Waals surface area contributed by atoms with E-state index in [0.29, 0.717) is 12.8 Å². The van der Waals surface area contributed by atoms with E-state index < -0.39 is 39.4 Å². The molecule has 24 heavy (non-hydrogen) atoms. The van der Waals surface area contributed by atoms with Gasteiger partial charge in [0.1, 0.15) is 15.4 Å². The van der Waals surface area contributed by atoms with E-state index in [0.717, 1.165) is 11.8 Å². The van der Waals surface area contributed by atoms with Gasteiger partial charge < -0.3 is 15.2 Å². The molecule has 1 aromatic rings. The SMILES string of the molecule is CC(C)(C)OC(=O)N[C@@H](CCc1ccccc1)[C@H](O)CS(C)(=O)=O. The Morgan fingerprint density at radius 2 is 1.83 bits per heavy atom. The van der Waals surface area contributed by atoms with E-state index in [9.17, 15) is 18.3 Å². The number of sulfone groups is 1. The fourth-order valence-electron chi connectivity index (χ4n) is 2.21. The molecule has 0 aliphatic rings. The van der Waals surface area contributed by atoms with Crippen LogP contribution in [0.15, 0.2) is 30.3 Å². The quantitative estimate of drug-likeness (QED) is 0.778. The molecule has 0 spiro atoms. The van der Waals surface area contributed by atoms with Crippen molar-refractivity contribution in [2.75, 3.05) is 12.0 Å². The number of nitrogens with one attached hydrogen (secondary N) is 1. The van der Waals surface area contributed by atoms with Crippen molar-refractivity contribution in [3.63, 3.8) is 0 Å². The third kappa shape index (κ3) is 8.88. The van der Waals surface area contributed by atoms with Gasteiger partial charge in [-0.1, -0.05) is 30.3 Å². The summed E-state index contributed by atoms with van der Waals surface area (Å²) in [5.41, 5.74) is 0.371. The summed E-state index contributed by atoms with van der Waals surface area (Å²) in [6.45, 7) is 5.20. The molecule has 0 radical (unpaired) electrons. The first-order valence-electron chi connectivity index (χ1n) is 7.85.